The molecular weight excluding hydrogens is 538 g/mol. The summed E-state index contributed by atoms with van der Waals surface area (Å²) in [6.07, 6.45) is -0.0940. The van der Waals surface area contributed by atoms with Crippen molar-refractivity contribution in [2.24, 2.45) is 5.92 Å². The molecule has 0 aliphatic rings. The molecule has 0 fully saturated rings. The molecule has 3 N–H and O–H groups in total. The minimum absolute atomic E-state index is 0.0903. The van der Waals surface area contributed by atoms with Crippen LogP contribution >= 0.6 is 0 Å². The smallest absolute Gasteiger partial charge is 0.407 e. The molecule has 4 rings (SSSR count). The molecule has 4 aromatic rings. The minimum Gasteiger partial charge on any atom is -0.465 e. The van der Waals surface area contributed by atoms with Gasteiger partial charge in [-0.05, 0) is 80.8 Å². The maximum atomic E-state index is 12.8. The Morgan fingerprint density at radius 2 is 1.63 bits per heavy atom. The highest BCUT2D eigenvalue weighted by atomic mass is 16.6. The Morgan fingerprint density at radius 1 is 0.930 bits per heavy atom. The van der Waals surface area contributed by atoms with E-state index in [1.165, 1.54) is 0 Å². The van der Waals surface area contributed by atoms with Gasteiger partial charge in [0.25, 0.3) is 0 Å². The Kier molecular flexibility index (Phi) is 10.1. The zero-order valence-corrected chi connectivity index (χ0v) is 26.0. The predicted octanol–water partition coefficient (Wildman–Crippen LogP) is 8.03. The first-order valence-electron chi connectivity index (χ1n) is 14.9. The summed E-state index contributed by atoms with van der Waals surface area (Å²) in [5.41, 5.74) is 7.49. The zero-order chi connectivity index (χ0) is 31.1. The van der Waals surface area contributed by atoms with Crippen LogP contribution in [0.1, 0.15) is 68.5 Å². The number of ether oxygens (including phenoxy) is 1. The number of carbonyl (C=O) groups is 2. The van der Waals surface area contributed by atoms with Gasteiger partial charge in [0.15, 0.2) is 0 Å². The first-order valence-corrected chi connectivity index (χ1v) is 14.9. The monoisotopic (exact) mass is 581 g/mol. The van der Waals surface area contributed by atoms with Gasteiger partial charge in [0, 0.05) is 35.7 Å². The fraction of sp³-hybridized carbons (Fsp3) is 0.361. The van der Waals surface area contributed by atoms with E-state index in [9.17, 15) is 14.7 Å². The van der Waals surface area contributed by atoms with E-state index in [2.05, 4.69) is 79.9 Å². The molecule has 1 heterocycles. The number of pyridine rings is 1. The molecule has 226 valence electrons. The molecule has 0 aliphatic carbocycles. The van der Waals surface area contributed by atoms with E-state index < -0.39 is 17.8 Å². The molecule has 2 amide bonds. The quantitative estimate of drug-likeness (QED) is 0.176. The molecule has 0 bridgehead atoms. The molecule has 0 aliphatic heterocycles. The van der Waals surface area contributed by atoms with Crippen molar-refractivity contribution in [3.63, 3.8) is 0 Å². The van der Waals surface area contributed by atoms with Crippen molar-refractivity contribution >= 4 is 23.1 Å². The lowest BCUT2D eigenvalue weighted by atomic mass is 9.87. The average molecular weight is 582 g/mol. The van der Waals surface area contributed by atoms with Crippen molar-refractivity contribution in [2.45, 2.75) is 72.4 Å². The number of aryl methyl sites for hydroxylation is 1. The van der Waals surface area contributed by atoms with Crippen molar-refractivity contribution in [1.82, 2.24) is 15.6 Å². The lowest BCUT2D eigenvalue weighted by Crippen LogP contribution is -2.32. The summed E-state index contributed by atoms with van der Waals surface area (Å²) < 4.78 is 5.56. The molecule has 1 unspecified atom stereocenters. The van der Waals surface area contributed by atoms with Gasteiger partial charge in [-0.15, -0.1) is 0 Å². The summed E-state index contributed by atoms with van der Waals surface area (Å²) in [6.45, 7) is 12.5. The lowest BCUT2D eigenvalue weighted by molar-refractivity contribution is 0.0523. The molecule has 3 aromatic carbocycles. The first kappa shape index (κ1) is 31.5. The molecule has 1 aromatic heterocycles. The number of hydrogen-bond donors (Lipinski definition) is 3. The normalized spacial score (nSPS) is 12.3. The second kappa shape index (κ2) is 13.7. The molecule has 0 radical (unpaired) electrons. The van der Waals surface area contributed by atoms with Crippen LogP contribution in [0, 0.1) is 12.8 Å². The summed E-state index contributed by atoms with van der Waals surface area (Å²) in [6, 6.07) is 24.7. The highest BCUT2D eigenvalue weighted by Gasteiger charge is 2.22. The van der Waals surface area contributed by atoms with Crippen LogP contribution in [0.3, 0.4) is 0 Å². The van der Waals surface area contributed by atoms with Gasteiger partial charge in [-0.3, -0.25) is 4.98 Å². The number of rotatable bonds is 10. The van der Waals surface area contributed by atoms with Gasteiger partial charge in [0.2, 0.25) is 0 Å². The second-order valence-electron chi connectivity index (χ2n) is 12.6. The average Bonchev–Trinajstić information content (AvgIpc) is 2.93. The lowest BCUT2D eigenvalue weighted by Gasteiger charge is -2.23. The number of carboxylic acid groups (broad SMARTS) is 1. The van der Waals surface area contributed by atoms with Crippen LogP contribution in [0.4, 0.5) is 9.59 Å². The van der Waals surface area contributed by atoms with E-state index in [1.807, 2.05) is 45.0 Å². The van der Waals surface area contributed by atoms with Crippen LogP contribution < -0.4 is 10.6 Å². The van der Waals surface area contributed by atoms with E-state index in [-0.39, 0.29) is 19.0 Å². The third-order valence-electron chi connectivity index (χ3n) is 7.24. The SMILES string of the molecule is Cc1ccc(-c2c(CNC(=O)OC(C)(C)C)c(CC(C)C)nc3ccc(C(CNC(=O)O)Cc4ccccc4)cc23)cc1. The molecule has 0 saturated heterocycles. The highest BCUT2D eigenvalue weighted by molar-refractivity contribution is 5.97. The predicted molar refractivity (Wildman–Crippen MR) is 172 cm³/mol. The van der Waals surface area contributed by atoms with E-state index in [1.54, 1.807) is 0 Å². The van der Waals surface area contributed by atoms with E-state index >= 15 is 0 Å². The maximum Gasteiger partial charge on any atom is 0.407 e. The number of alkyl carbamates (subject to hydrolysis) is 1. The molecule has 7 heteroatoms. The Morgan fingerprint density at radius 3 is 2.26 bits per heavy atom. The Hall–Kier alpha value is -4.39. The molecule has 43 heavy (non-hydrogen) atoms. The third kappa shape index (κ3) is 8.80. The van der Waals surface area contributed by atoms with Gasteiger partial charge in [0.1, 0.15) is 5.60 Å². The van der Waals surface area contributed by atoms with Crippen molar-refractivity contribution in [3.8, 4) is 11.1 Å². The number of fused-ring (bicyclic) bond motifs is 1. The van der Waals surface area contributed by atoms with Gasteiger partial charge in [0.05, 0.1) is 5.52 Å². The fourth-order valence-electron chi connectivity index (χ4n) is 5.31. The number of benzene rings is 3. The standard InChI is InChI=1S/C36H43N3O4/c1-23(2)18-32-30(22-38-35(42)43-36(4,5)6)33(26-14-12-24(3)13-15-26)29-20-27(16-17-31(29)39-32)28(21-37-34(40)41)19-25-10-8-7-9-11-25/h7-17,20,23,28,37H,18-19,21-22H2,1-6H3,(H,38,42)(H,40,41). The Labute approximate surface area is 254 Å². The van der Waals surface area contributed by atoms with Crippen molar-refractivity contribution < 1.29 is 19.4 Å². The number of nitrogens with one attached hydrogen (secondary N) is 2. The summed E-state index contributed by atoms with van der Waals surface area (Å²) in [5, 5.41) is 16.0. The van der Waals surface area contributed by atoms with Crippen LogP contribution in [0.25, 0.3) is 22.0 Å². The van der Waals surface area contributed by atoms with Crippen molar-refractivity contribution in [2.75, 3.05) is 6.54 Å². The molecule has 7 nitrogen and oxygen atoms in total. The fourth-order valence-corrected chi connectivity index (χ4v) is 5.31. The maximum absolute atomic E-state index is 12.8. The van der Waals surface area contributed by atoms with E-state index in [4.69, 9.17) is 9.72 Å². The van der Waals surface area contributed by atoms with Crippen LogP contribution in [0.15, 0.2) is 72.8 Å². The number of nitrogens with zero attached hydrogens (tertiary/aromatic N) is 1. The molecular formula is C36H43N3O4. The second-order valence-corrected chi connectivity index (χ2v) is 12.6. The summed E-state index contributed by atoms with van der Waals surface area (Å²) in [5.74, 6) is 0.264. The van der Waals surface area contributed by atoms with Crippen molar-refractivity contribution in [3.05, 3.63) is 101 Å². The number of hydrogen-bond acceptors (Lipinski definition) is 4. The van der Waals surface area contributed by atoms with Crippen molar-refractivity contribution in [1.29, 1.82) is 0 Å². The highest BCUT2D eigenvalue weighted by Crippen LogP contribution is 2.36. The van der Waals surface area contributed by atoms with E-state index in [0.29, 0.717) is 12.3 Å². The largest absolute Gasteiger partial charge is 0.465 e. The molecule has 0 spiro atoms. The number of carbonyl (C=O) groups excluding carboxylic acids is 1. The van der Waals surface area contributed by atoms with Gasteiger partial charge in [-0.25, -0.2) is 9.59 Å². The van der Waals surface area contributed by atoms with Crippen LogP contribution in [-0.2, 0) is 24.1 Å². The van der Waals surface area contributed by atoms with Gasteiger partial charge >= 0.3 is 12.2 Å². The summed E-state index contributed by atoms with van der Waals surface area (Å²) in [7, 11) is 0. The summed E-state index contributed by atoms with van der Waals surface area (Å²) in [4.78, 5) is 29.4. The third-order valence-corrected chi connectivity index (χ3v) is 7.24. The summed E-state index contributed by atoms with van der Waals surface area (Å²) >= 11 is 0. The van der Waals surface area contributed by atoms with Crippen LogP contribution in [0.5, 0.6) is 0 Å². The molecule has 0 saturated carbocycles. The number of aromatic nitrogens is 1. The Balaban J connectivity index is 1.89. The van der Waals surface area contributed by atoms with Crippen LogP contribution in [0.2, 0.25) is 0 Å². The van der Waals surface area contributed by atoms with E-state index in [0.717, 1.165) is 56.4 Å². The van der Waals surface area contributed by atoms with Crippen LogP contribution in [-0.4, -0.2) is 34.4 Å². The first-order chi connectivity index (χ1) is 20.4. The number of amides is 2. The topological polar surface area (TPSA) is 101 Å². The van der Waals surface area contributed by atoms with Gasteiger partial charge in [-0.2, -0.15) is 0 Å². The minimum atomic E-state index is -1.05. The molecule has 1 atom stereocenters. The van der Waals surface area contributed by atoms with Gasteiger partial charge < -0.3 is 20.5 Å². The van der Waals surface area contributed by atoms with Gasteiger partial charge in [-0.1, -0.05) is 80.1 Å². The Bertz CT molecular complexity index is 1560. The zero-order valence-electron chi connectivity index (χ0n) is 26.0.